The largest absolute Gasteiger partial charge is 0.497 e. The Balaban J connectivity index is 1.73. The van der Waals surface area contributed by atoms with Crippen molar-refractivity contribution in [3.05, 3.63) is 29.6 Å². The summed E-state index contributed by atoms with van der Waals surface area (Å²) in [4.78, 5) is 4.76. The summed E-state index contributed by atoms with van der Waals surface area (Å²) in [6, 6.07) is 5.78. The van der Waals surface area contributed by atoms with Gasteiger partial charge in [-0.3, -0.25) is 4.90 Å². The first-order valence-corrected chi connectivity index (χ1v) is 10.2. The molecule has 4 rings (SSSR count). The second kappa shape index (κ2) is 9.06. The molecule has 29 heavy (non-hydrogen) atoms. The molecule has 0 saturated carbocycles. The predicted octanol–water partition coefficient (Wildman–Crippen LogP) is 1.21. The van der Waals surface area contributed by atoms with E-state index < -0.39 is 0 Å². The Bertz CT molecular complexity index is 799. The van der Waals surface area contributed by atoms with Crippen molar-refractivity contribution in [1.82, 2.24) is 30.0 Å². The Morgan fingerprint density at radius 3 is 2.69 bits per heavy atom. The van der Waals surface area contributed by atoms with Gasteiger partial charge < -0.3 is 19.1 Å². The number of tetrazole rings is 1. The lowest BCUT2D eigenvalue weighted by Gasteiger charge is -2.38. The van der Waals surface area contributed by atoms with Crippen LogP contribution in [0.2, 0.25) is 0 Å². The number of ether oxygens (including phenoxy) is 3. The maximum Gasteiger partial charge on any atom is 0.173 e. The number of hydrogen-bond acceptors (Lipinski definition) is 8. The van der Waals surface area contributed by atoms with Crippen molar-refractivity contribution in [1.29, 1.82) is 0 Å². The molecule has 2 aromatic rings. The van der Waals surface area contributed by atoms with Crippen molar-refractivity contribution < 1.29 is 14.2 Å². The summed E-state index contributed by atoms with van der Waals surface area (Å²) in [6.45, 7) is 5.32. The summed E-state index contributed by atoms with van der Waals surface area (Å²) in [7, 11) is 5.53. The van der Waals surface area contributed by atoms with Crippen LogP contribution < -0.4 is 9.47 Å². The molecule has 2 saturated heterocycles. The van der Waals surface area contributed by atoms with Gasteiger partial charge in [-0.2, -0.15) is 0 Å². The molecule has 0 radical (unpaired) electrons. The van der Waals surface area contributed by atoms with E-state index >= 15 is 0 Å². The average molecular weight is 402 g/mol. The van der Waals surface area contributed by atoms with Crippen molar-refractivity contribution in [2.75, 3.05) is 54.1 Å². The lowest BCUT2D eigenvalue weighted by molar-refractivity contribution is 0.0876. The molecule has 0 N–H and O–H groups in total. The zero-order chi connectivity index (χ0) is 20.2. The van der Waals surface area contributed by atoms with E-state index in [9.17, 15) is 0 Å². The molecule has 9 nitrogen and oxygen atoms in total. The van der Waals surface area contributed by atoms with Crippen LogP contribution in [-0.2, 0) is 11.3 Å². The highest BCUT2D eigenvalue weighted by molar-refractivity contribution is 5.44. The molecular formula is C20H30N6O3. The van der Waals surface area contributed by atoms with Gasteiger partial charge in [0.15, 0.2) is 5.82 Å². The number of methoxy groups -OCH3 is 2. The Kier molecular flexibility index (Phi) is 6.27. The Morgan fingerprint density at radius 1 is 1.17 bits per heavy atom. The highest BCUT2D eigenvalue weighted by Crippen LogP contribution is 2.36. The Hall–Kier alpha value is -2.23. The van der Waals surface area contributed by atoms with E-state index in [1.54, 1.807) is 14.2 Å². The first-order chi connectivity index (χ1) is 14.2. The number of likely N-dealkylation sites (N-methyl/N-ethyl adjacent to an activating group) is 1. The van der Waals surface area contributed by atoms with Gasteiger partial charge in [0.1, 0.15) is 17.5 Å². The molecule has 2 aliphatic heterocycles. The van der Waals surface area contributed by atoms with Crippen molar-refractivity contribution in [2.45, 2.75) is 31.5 Å². The summed E-state index contributed by atoms with van der Waals surface area (Å²) in [5.74, 6) is 2.41. The van der Waals surface area contributed by atoms with Crippen LogP contribution in [0.4, 0.5) is 0 Å². The van der Waals surface area contributed by atoms with Gasteiger partial charge in [-0.1, -0.05) is 0 Å². The number of nitrogens with zero attached hydrogens (tertiary/aromatic N) is 6. The Morgan fingerprint density at radius 2 is 2.00 bits per heavy atom. The molecule has 3 heterocycles. The lowest BCUT2D eigenvalue weighted by atomic mass is 10.0. The van der Waals surface area contributed by atoms with E-state index in [-0.39, 0.29) is 12.1 Å². The molecule has 0 unspecified atom stereocenters. The normalized spacial score (nSPS) is 22.0. The minimum Gasteiger partial charge on any atom is -0.497 e. The van der Waals surface area contributed by atoms with Gasteiger partial charge in [0, 0.05) is 38.3 Å². The second-order valence-electron chi connectivity index (χ2n) is 7.70. The van der Waals surface area contributed by atoms with Gasteiger partial charge in [0.25, 0.3) is 0 Å². The molecule has 0 spiro atoms. The van der Waals surface area contributed by atoms with Crippen LogP contribution in [0.3, 0.4) is 0 Å². The van der Waals surface area contributed by atoms with E-state index in [2.05, 4.69) is 32.4 Å². The standard InChI is InChI=1S/C20H30N6O3/c1-24-8-10-25(11-9-24)19(17-13-15(27-2)6-7-18(17)28-3)20-21-22-23-26(20)14-16-5-4-12-29-16/h6-7,13,16,19H,4-5,8-12,14H2,1-3H3/t16-,19-/m1/s1. The van der Waals surface area contributed by atoms with Gasteiger partial charge in [-0.25, -0.2) is 4.68 Å². The van der Waals surface area contributed by atoms with E-state index in [1.165, 1.54) is 0 Å². The number of aromatic nitrogens is 4. The van der Waals surface area contributed by atoms with Crippen molar-refractivity contribution >= 4 is 0 Å². The molecule has 0 bridgehead atoms. The molecule has 0 amide bonds. The molecule has 9 heteroatoms. The monoisotopic (exact) mass is 402 g/mol. The highest BCUT2D eigenvalue weighted by atomic mass is 16.5. The smallest absolute Gasteiger partial charge is 0.173 e. The van der Waals surface area contributed by atoms with Crippen LogP contribution in [0.25, 0.3) is 0 Å². The molecular weight excluding hydrogens is 372 g/mol. The second-order valence-corrected chi connectivity index (χ2v) is 7.70. The third-order valence-corrected chi connectivity index (χ3v) is 5.84. The topological polar surface area (TPSA) is 77.8 Å². The summed E-state index contributed by atoms with van der Waals surface area (Å²) in [5, 5.41) is 12.8. The number of piperazine rings is 1. The number of rotatable bonds is 7. The molecule has 2 fully saturated rings. The van der Waals surface area contributed by atoms with E-state index in [1.807, 2.05) is 22.9 Å². The van der Waals surface area contributed by atoms with Crippen LogP contribution in [-0.4, -0.2) is 90.2 Å². The predicted molar refractivity (Wildman–Crippen MR) is 107 cm³/mol. The molecule has 0 aliphatic carbocycles. The van der Waals surface area contributed by atoms with Gasteiger partial charge in [-0.15, -0.1) is 5.10 Å². The molecule has 2 aliphatic rings. The van der Waals surface area contributed by atoms with E-state index in [4.69, 9.17) is 14.2 Å². The van der Waals surface area contributed by atoms with Crippen LogP contribution >= 0.6 is 0 Å². The van der Waals surface area contributed by atoms with Crippen LogP contribution in [0.15, 0.2) is 18.2 Å². The van der Waals surface area contributed by atoms with Gasteiger partial charge in [-0.05, 0) is 48.5 Å². The van der Waals surface area contributed by atoms with Gasteiger partial charge in [0.05, 0.1) is 26.9 Å². The third kappa shape index (κ3) is 4.36. The summed E-state index contributed by atoms with van der Waals surface area (Å²) >= 11 is 0. The molecule has 1 aromatic heterocycles. The fraction of sp³-hybridized carbons (Fsp3) is 0.650. The summed E-state index contributed by atoms with van der Waals surface area (Å²) in [5.41, 5.74) is 1.01. The van der Waals surface area contributed by atoms with E-state index in [0.717, 1.165) is 68.5 Å². The maximum absolute atomic E-state index is 5.83. The third-order valence-electron chi connectivity index (χ3n) is 5.84. The van der Waals surface area contributed by atoms with Gasteiger partial charge >= 0.3 is 0 Å². The lowest BCUT2D eigenvalue weighted by Crippen LogP contribution is -2.47. The zero-order valence-electron chi connectivity index (χ0n) is 17.5. The summed E-state index contributed by atoms with van der Waals surface area (Å²) in [6.07, 6.45) is 2.30. The fourth-order valence-electron chi connectivity index (χ4n) is 4.15. The number of hydrogen-bond donors (Lipinski definition) is 0. The van der Waals surface area contributed by atoms with Crippen molar-refractivity contribution in [3.63, 3.8) is 0 Å². The van der Waals surface area contributed by atoms with Crippen LogP contribution in [0.1, 0.15) is 30.3 Å². The maximum atomic E-state index is 5.83. The molecule has 158 valence electrons. The van der Waals surface area contributed by atoms with Crippen LogP contribution in [0, 0.1) is 0 Å². The quantitative estimate of drug-likeness (QED) is 0.684. The minimum absolute atomic E-state index is 0.120. The average Bonchev–Trinajstić information content (AvgIpc) is 3.42. The van der Waals surface area contributed by atoms with E-state index in [0.29, 0.717) is 6.54 Å². The SMILES string of the molecule is COc1ccc(OC)c([C@H](c2nnnn2C[C@H]2CCCO2)N2CCN(C)CC2)c1. The summed E-state index contributed by atoms with van der Waals surface area (Å²) < 4.78 is 18.9. The molecule has 1 aromatic carbocycles. The molecule has 2 atom stereocenters. The highest BCUT2D eigenvalue weighted by Gasteiger charge is 2.33. The van der Waals surface area contributed by atoms with Crippen LogP contribution in [0.5, 0.6) is 11.5 Å². The fourth-order valence-corrected chi connectivity index (χ4v) is 4.15. The van der Waals surface area contributed by atoms with Crippen molar-refractivity contribution in [3.8, 4) is 11.5 Å². The van der Waals surface area contributed by atoms with Gasteiger partial charge in [0.2, 0.25) is 0 Å². The first-order valence-electron chi connectivity index (χ1n) is 10.2. The first kappa shape index (κ1) is 20.1. The zero-order valence-corrected chi connectivity index (χ0v) is 17.5. The van der Waals surface area contributed by atoms with Crippen molar-refractivity contribution in [2.24, 2.45) is 0 Å². The number of benzene rings is 1. The minimum atomic E-state index is -0.120. The Labute approximate surface area is 171 Å².